The Bertz CT molecular complexity index is 479. The van der Waals surface area contributed by atoms with Gasteiger partial charge in [-0.3, -0.25) is 0 Å². The van der Waals surface area contributed by atoms with Crippen molar-refractivity contribution in [1.29, 1.82) is 5.26 Å². The Balaban J connectivity index is 3.18. The van der Waals surface area contributed by atoms with Gasteiger partial charge in [-0.1, -0.05) is 13.0 Å². The van der Waals surface area contributed by atoms with E-state index in [1.165, 1.54) is 0 Å². The van der Waals surface area contributed by atoms with Crippen LogP contribution in [0.15, 0.2) is 28.6 Å². The van der Waals surface area contributed by atoms with Gasteiger partial charge in [-0.15, -0.1) is 0 Å². The van der Waals surface area contributed by atoms with Crippen molar-refractivity contribution in [1.82, 2.24) is 0 Å². The summed E-state index contributed by atoms with van der Waals surface area (Å²) < 4.78 is 15.8. The van der Waals surface area contributed by atoms with E-state index in [4.69, 9.17) is 5.26 Å². The molecule has 0 aromatic heterocycles. The third-order valence-electron chi connectivity index (χ3n) is 1.81. The molecule has 1 rings (SSSR count). The highest BCUT2D eigenvalue weighted by molar-refractivity contribution is 7.93. The second-order valence-electron chi connectivity index (χ2n) is 3.00. The normalized spacial score (nSPS) is 14.1. The molecule has 0 N–H and O–H groups in total. The summed E-state index contributed by atoms with van der Waals surface area (Å²) in [5.41, 5.74) is 1.15. The molecule has 3 nitrogen and oxygen atoms in total. The zero-order chi connectivity index (χ0) is 10.6. The molecule has 0 amide bonds. The molecule has 14 heavy (non-hydrogen) atoms. The highest BCUT2D eigenvalue weighted by Gasteiger charge is 1.98. The largest absolute Gasteiger partial charge is 0.250 e. The summed E-state index contributed by atoms with van der Waals surface area (Å²) in [4.78, 5) is 0. The van der Waals surface area contributed by atoms with Crippen LogP contribution in [0.1, 0.15) is 12.5 Å². The molecule has 0 aliphatic carbocycles. The second-order valence-corrected chi connectivity index (χ2v) is 5.68. The van der Waals surface area contributed by atoms with Crippen molar-refractivity contribution in [2.75, 3.05) is 12.0 Å². The highest BCUT2D eigenvalue weighted by atomic mass is 32.2. The lowest BCUT2D eigenvalue weighted by atomic mass is 10.2. The van der Waals surface area contributed by atoms with Gasteiger partial charge in [0.2, 0.25) is 0 Å². The summed E-state index contributed by atoms with van der Waals surface area (Å²) in [5, 5.41) is 8.65. The van der Waals surface area contributed by atoms with Crippen LogP contribution < -0.4 is 0 Å². The fraction of sp³-hybridized carbons (Fsp3) is 0.300. The Morgan fingerprint density at radius 3 is 2.86 bits per heavy atom. The minimum Gasteiger partial charge on any atom is -0.250 e. The van der Waals surface area contributed by atoms with Gasteiger partial charge in [-0.05, 0) is 18.2 Å². The van der Waals surface area contributed by atoms with E-state index in [0.29, 0.717) is 17.0 Å². The zero-order valence-corrected chi connectivity index (χ0v) is 9.04. The van der Waals surface area contributed by atoms with Gasteiger partial charge in [0.1, 0.15) is 0 Å². The molecule has 74 valence electrons. The molecular weight excluding hydrogens is 196 g/mol. The number of hydrogen-bond acceptors (Lipinski definition) is 3. The second kappa shape index (κ2) is 4.25. The number of hydrogen-bond donors (Lipinski definition) is 0. The van der Waals surface area contributed by atoms with Crippen LogP contribution in [0.3, 0.4) is 0 Å². The van der Waals surface area contributed by atoms with Crippen LogP contribution in [0.2, 0.25) is 0 Å². The lowest BCUT2D eigenvalue weighted by Crippen LogP contribution is -1.97. The van der Waals surface area contributed by atoms with Crippen LogP contribution >= 0.6 is 0 Å². The SMILES string of the molecule is CCS(C)(=O)=Nc1cccc(C#N)c1. The smallest absolute Gasteiger partial charge is 0.0992 e. The molecule has 0 aliphatic rings. The van der Waals surface area contributed by atoms with E-state index < -0.39 is 9.73 Å². The molecule has 0 heterocycles. The zero-order valence-electron chi connectivity index (χ0n) is 8.23. The molecule has 1 aromatic carbocycles. The van der Waals surface area contributed by atoms with Crippen molar-refractivity contribution < 1.29 is 4.21 Å². The Hall–Kier alpha value is -1.34. The number of nitriles is 1. The van der Waals surface area contributed by atoms with Crippen molar-refractivity contribution in [3.8, 4) is 6.07 Å². The van der Waals surface area contributed by atoms with Crippen LogP contribution in [0.25, 0.3) is 0 Å². The molecule has 0 aliphatic heterocycles. The molecule has 0 fully saturated rings. The maximum atomic E-state index is 11.7. The van der Waals surface area contributed by atoms with Crippen LogP contribution in [0, 0.1) is 11.3 Å². The molecule has 1 unspecified atom stereocenters. The average molecular weight is 208 g/mol. The van der Waals surface area contributed by atoms with Gasteiger partial charge < -0.3 is 0 Å². The molecule has 0 spiro atoms. The van der Waals surface area contributed by atoms with E-state index >= 15 is 0 Å². The van der Waals surface area contributed by atoms with Crippen LogP contribution in [-0.2, 0) is 9.73 Å². The number of nitrogens with zero attached hydrogens (tertiary/aromatic N) is 2. The number of rotatable bonds is 2. The first kappa shape index (κ1) is 10.7. The van der Waals surface area contributed by atoms with Gasteiger partial charge in [0.15, 0.2) is 0 Å². The third kappa shape index (κ3) is 2.86. The summed E-state index contributed by atoms with van der Waals surface area (Å²) in [7, 11) is -2.13. The quantitative estimate of drug-likeness (QED) is 0.748. The Labute approximate surface area is 84.6 Å². The molecule has 0 saturated carbocycles. The summed E-state index contributed by atoms with van der Waals surface area (Å²) in [6.07, 6.45) is 1.62. The summed E-state index contributed by atoms with van der Waals surface area (Å²) in [6.45, 7) is 1.83. The minimum atomic E-state index is -2.13. The predicted octanol–water partition coefficient (Wildman–Crippen LogP) is 2.31. The fourth-order valence-corrected chi connectivity index (χ4v) is 1.61. The molecule has 4 heteroatoms. The van der Waals surface area contributed by atoms with E-state index in [9.17, 15) is 4.21 Å². The van der Waals surface area contributed by atoms with Gasteiger partial charge >= 0.3 is 0 Å². The van der Waals surface area contributed by atoms with E-state index in [0.717, 1.165) is 0 Å². The maximum Gasteiger partial charge on any atom is 0.0992 e. The molecule has 0 saturated heterocycles. The van der Waals surface area contributed by atoms with Crippen LogP contribution in [-0.4, -0.2) is 16.2 Å². The standard InChI is InChI=1S/C10H12N2OS/c1-3-14(2,13)12-10-6-4-5-9(7-10)8-11/h4-7H,3H2,1-2H3. The Morgan fingerprint density at radius 1 is 1.57 bits per heavy atom. The molecule has 0 radical (unpaired) electrons. The molecule has 1 atom stereocenters. The number of benzene rings is 1. The van der Waals surface area contributed by atoms with Gasteiger partial charge in [0, 0.05) is 21.7 Å². The monoisotopic (exact) mass is 208 g/mol. The van der Waals surface area contributed by atoms with E-state index in [-0.39, 0.29) is 0 Å². The van der Waals surface area contributed by atoms with Gasteiger partial charge in [-0.2, -0.15) is 9.62 Å². The third-order valence-corrected chi connectivity index (χ3v) is 3.48. The van der Waals surface area contributed by atoms with Gasteiger partial charge in [0.05, 0.1) is 17.3 Å². The molecule has 1 aromatic rings. The van der Waals surface area contributed by atoms with E-state index in [1.54, 1.807) is 30.5 Å². The first-order chi connectivity index (χ1) is 6.57. The molecular formula is C10H12N2OS. The van der Waals surface area contributed by atoms with Gasteiger partial charge in [0.25, 0.3) is 0 Å². The van der Waals surface area contributed by atoms with E-state index in [1.807, 2.05) is 13.0 Å². The lowest BCUT2D eigenvalue weighted by Gasteiger charge is -1.99. The Morgan fingerprint density at radius 2 is 2.29 bits per heavy atom. The van der Waals surface area contributed by atoms with Crippen molar-refractivity contribution in [3.05, 3.63) is 29.8 Å². The van der Waals surface area contributed by atoms with Crippen molar-refractivity contribution >= 4 is 15.4 Å². The first-order valence-electron chi connectivity index (χ1n) is 4.27. The van der Waals surface area contributed by atoms with Crippen molar-refractivity contribution in [2.45, 2.75) is 6.92 Å². The Kier molecular flexibility index (Phi) is 3.26. The molecule has 0 bridgehead atoms. The van der Waals surface area contributed by atoms with Crippen molar-refractivity contribution in [3.63, 3.8) is 0 Å². The maximum absolute atomic E-state index is 11.7. The minimum absolute atomic E-state index is 0.518. The topological polar surface area (TPSA) is 53.2 Å². The van der Waals surface area contributed by atoms with Gasteiger partial charge in [-0.25, -0.2) is 4.21 Å². The van der Waals surface area contributed by atoms with E-state index in [2.05, 4.69) is 4.36 Å². The summed E-state index contributed by atoms with van der Waals surface area (Å²) in [6, 6.07) is 8.84. The summed E-state index contributed by atoms with van der Waals surface area (Å²) >= 11 is 0. The van der Waals surface area contributed by atoms with Crippen LogP contribution in [0.4, 0.5) is 5.69 Å². The predicted molar refractivity (Wildman–Crippen MR) is 57.9 cm³/mol. The van der Waals surface area contributed by atoms with Crippen molar-refractivity contribution in [2.24, 2.45) is 4.36 Å². The first-order valence-corrected chi connectivity index (χ1v) is 6.36. The fourth-order valence-electron chi connectivity index (χ4n) is 0.920. The summed E-state index contributed by atoms with van der Waals surface area (Å²) in [5.74, 6) is 0.518. The average Bonchev–Trinajstić information content (AvgIpc) is 2.17. The van der Waals surface area contributed by atoms with Crippen LogP contribution in [0.5, 0.6) is 0 Å². The highest BCUT2D eigenvalue weighted by Crippen LogP contribution is 2.15. The lowest BCUT2D eigenvalue weighted by molar-refractivity contribution is 0.681.